The highest BCUT2D eigenvalue weighted by molar-refractivity contribution is 7.12. The first-order chi connectivity index (χ1) is 24.1. The Morgan fingerprint density at radius 2 is 1.70 bits per heavy atom. The lowest BCUT2D eigenvalue weighted by molar-refractivity contribution is -0.955. The van der Waals surface area contributed by atoms with Crippen LogP contribution in [0.5, 0.6) is 5.75 Å². The lowest BCUT2D eigenvalue weighted by atomic mass is 9.94. The number of carbonyl (C=O) groups is 3. The maximum atomic E-state index is 13.6. The van der Waals surface area contributed by atoms with Gasteiger partial charge in [0, 0.05) is 25.9 Å². The van der Waals surface area contributed by atoms with Crippen molar-refractivity contribution in [1.82, 2.24) is 10.6 Å². The van der Waals surface area contributed by atoms with Gasteiger partial charge in [-0.2, -0.15) is 0 Å². The molecule has 3 fully saturated rings. The number of quaternary nitrogens is 1. The van der Waals surface area contributed by atoms with E-state index >= 15 is 0 Å². The summed E-state index contributed by atoms with van der Waals surface area (Å²) < 4.78 is 12.8. The number of hydrogen-bond donors (Lipinski definition) is 6. The summed E-state index contributed by atoms with van der Waals surface area (Å²) in [5.41, 5.74) is -0.969. The van der Waals surface area contributed by atoms with Crippen LogP contribution in [0.1, 0.15) is 66.4 Å². The summed E-state index contributed by atoms with van der Waals surface area (Å²) in [6.07, 6.45) is 5.13. The molecular formula is C36H47N4O8S2+. The highest BCUT2D eigenvalue weighted by Gasteiger charge is 2.72. The molecule has 3 saturated heterocycles. The van der Waals surface area contributed by atoms with Crippen molar-refractivity contribution in [3.05, 3.63) is 68.5 Å². The minimum atomic E-state index is -1.83. The van der Waals surface area contributed by atoms with Crippen molar-refractivity contribution < 1.29 is 43.7 Å². The molecule has 1 aromatic carbocycles. The Kier molecular flexibility index (Phi) is 11.6. The van der Waals surface area contributed by atoms with E-state index in [0.29, 0.717) is 60.6 Å². The van der Waals surface area contributed by atoms with Gasteiger partial charge in [-0.25, -0.2) is 4.79 Å². The molecule has 5 atom stereocenters. The molecular weight excluding hydrogens is 681 g/mol. The molecule has 3 aliphatic heterocycles. The molecule has 2 amide bonds. The van der Waals surface area contributed by atoms with Crippen LogP contribution < -0.4 is 16.0 Å². The van der Waals surface area contributed by atoms with E-state index in [9.17, 15) is 29.7 Å². The normalized spacial score (nSPS) is 25.8. The largest absolute Gasteiger partial charge is 0.506 e. The Morgan fingerprint density at radius 3 is 2.32 bits per heavy atom. The highest BCUT2D eigenvalue weighted by atomic mass is 32.1. The molecule has 50 heavy (non-hydrogen) atoms. The van der Waals surface area contributed by atoms with Gasteiger partial charge >= 0.3 is 5.97 Å². The summed E-state index contributed by atoms with van der Waals surface area (Å²) in [4.78, 5) is 38.2. The molecule has 0 aliphatic carbocycles. The fourth-order valence-electron chi connectivity index (χ4n) is 7.70. The third-order valence-electron chi connectivity index (χ3n) is 10.5. The topological polar surface area (TPSA) is 170 Å². The quantitative estimate of drug-likeness (QED) is 0.0271. The van der Waals surface area contributed by atoms with Crippen molar-refractivity contribution in [1.29, 1.82) is 0 Å². The molecule has 5 heterocycles. The van der Waals surface area contributed by atoms with Gasteiger partial charge in [0.1, 0.15) is 36.1 Å². The predicted molar refractivity (Wildman–Crippen MR) is 190 cm³/mol. The molecule has 3 aliphatic rings. The Balaban J connectivity index is 0.873. The zero-order chi connectivity index (χ0) is 35.3. The fourth-order valence-corrected chi connectivity index (χ4v) is 9.41. The van der Waals surface area contributed by atoms with Gasteiger partial charge < -0.3 is 45.2 Å². The number of carbonyl (C=O) groups excluding carboxylic acids is 3. The summed E-state index contributed by atoms with van der Waals surface area (Å²) in [5, 5.41) is 44.3. The molecule has 2 bridgehead atoms. The van der Waals surface area contributed by atoms with Gasteiger partial charge in [-0.1, -0.05) is 31.0 Å². The number of morpholine rings is 1. The van der Waals surface area contributed by atoms with Gasteiger partial charge in [0.15, 0.2) is 0 Å². The zero-order valence-corrected chi connectivity index (χ0v) is 29.8. The van der Waals surface area contributed by atoms with Crippen molar-refractivity contribution in [2.24, 2.45) is 0 Å². The number of piperidine rings is 1. The Hall–Kier alpha value is -3.37. The minimum absolute atomic E-state index is 0.0419. The van der Waals surface area contributed by atoms with Crippen LogP contribution >= 0.6 is 22.7 Å². The van der Waals surface area contributed by atoms with E-state index in [4.69, 9.17) is 9.47 Å². The maximum Gasteiger partial charge on any atom is 0.349 e. The first-order valence-corrected chi connectivity index (χ1v) is 19.1. The third-order valence-corrected chi connectivity index (χ3v) is 12.5. The van der Waals surface area contributed by atoms with Gasteiger partial charge in [0.05, 0.1) is 41.6 Å². The van der Waals surface area contributed by atoms with Crippen LogP contribution in [0, 0.1) is 0 Å². The van der Waals surface area contributed by atoms with Crippen LogP contribution in [-0.4, -0.2) is 102 Å². The van der Waals surface area contributed by atoms with Gasteiger partial charge in [0.25, 0.3) is 0 Å². The summed E-state index contributed by atoms with van der Waals surface area (Å²) in [6.45, 7) is 2.43. The van der Waals surface area contributed by atoms with E-state index < -0.39 is 17.7 Å². The number of aliphatic hydroxyl groups excluding tert-OH is 1. The molecule has 12 nitrogen and oxygen atoms in total. The second-order valence-electron chi connectivity index (χ2n) is 13.7. The van der Waals surface area contributed by atoms with Crippen LogP contribution in [-0.2, 0) is 29.5 Å². The van der Waals surface area contributed by atoms with E-state index in [1.54, 1.807) is 24.3 Å². The molecule has 0 spiro atoms. The number of phenols is 1. The number of epoxide rings is 1. The maximum absolute atomic E-state index is 13.6. The molecule has 0 saturated carbocycles. The van der Waals surface area contributed by atoms with Crippen molar-refractivity contribution >= 4 is 46.6 Å². The summed E-state index contributed by atoms with van der Waals surface area (Å²) in [7, 11) is 2.20. The second-order valence-corrected chi connectivity index (χ2v) is 15.6. The monoisotopic (exact) mass is 727 g/mol. The van der Waals surface area contributed by atoms with E-state index in [-0.39, 0.29) is 47.7 Å². The van der Waals surface area contributed by atoms with Crippen LogP contribution in [0.4, 0.5) is 5.69 Å². The number of esters is 1. The average Bonchev–Trinajstić information content (AvgIpc) is 3.41. The van der Waals surface area contributed by atoms with E-state index in [1.165, 1.54) is 28.7 Å². The molecule has 3 aromatic rings. The number of unbranched alkanes of at least 4 members (excludes halogenated alkanes) is 3. The number of fused-ring (bicyclic) bond motifs is 5. The predicted octanol–water partition coefficient (Wildman–Crippen LogP) is 3.38. The van der Waals surface area contributed by atoms with Crippen LogP contribution in [0.3, 0.4) is 0 Å². The number of hydrogen-bond acceptors (Lipinski definition) is 11. The molecule has 4 unspecified atom stereocenters. The minimum Gasteiger partial charge on any atom is -0.506 e. The van der Waals surface area contributed by atoms with E-state index in [1.807, 2.05) is 22.9 Å². The second kappa shape index (κ2) is 15.9. The number of aliphatic hydroxyl groups is 2. The first kappa shape index (κ1) is 36.4. The number of aromatic hydroxyl groups is 1. The lowest BCUT2D eigenvalue weighted by Crippen LogP contribution is -2.63. The van der Waals surface area contributed by atoms with Gasteiger partial charge in [0.2, 0.25) is 17.9 Å². The number of likely N-dealkylation sites (N-methyl/N-ethyl adjacent to an activating group) is 1. The van der Waals surface area contributed by atoms with Gasteiger partial charge in [-0.15, -0.1) is 22.7 Å². The standard InChI is InChI=1S/C36H46N4O8S2/c1-40(15-12-32(44)38-14-5-3-2-4-13-37-21-29(43)23-10-11-28(42)25(18-23)39-22-41)26-19-24(20-27(40)34-33(26)48-34)47-35(45)36(46,30-8-6-16-49-30)31-9-7-17-50-31/h6-11,16-18,22,24,26-27,29,33-34,37,43,46H,2-5,12-15,19-21H2,1H3,(H2-,38,39,41,42,44)/p+1/t24?,26?,27?,29-,33?,34?,40?/m0/s1. The molecule has 6 N–H and O–H groups in total. The Labute approximate surface area is 300 Å². The zero-order valence-electron chi connectivity index (χ0n) is 28.2. The number of benzene rings is 1. The summed E-state index contributed by atoms with van der Waals surface area (Å²) in [5.74, 6) is -0.652. The number of thiophene rings is 2. The van der Waals surface area contributed by atoms with Gasteiger partial charge in [-0.3, -0.25) is 9.59 Å². The van der Waals surface area contributed by atoms with Crippen LogP contribution in [0.25, 0.3) is 0 Å². The van der Waals surface area contributed by atoms with Crippen molar-refractivity contribution in [2.75, 3.05) is 38.5 Å². The number of anilines is 1. The third kappa shape index (κ3) is 7.76. The number of amides is 2. The van der Waals surface area contributed by atoms with E-state index in [2.05, 4.69) is 23.0 Å². The molecule has 14 heteroatoms. The highest BCUT2D eigenvalue weighted by Crippen LogP contribution is 2.53. The Bertz CT molecular complexity index is 1550. The first-order valence-electron chi connectivity index (χ1n) is 17.4. The number of rotatable bonds is 19. The van der Waals surface area contributed by atoms with Crippen molar-refractivity contribution in [3.63, 3.8) is 0 Å². The molecule has 270 valence electrons. The number of nitrogens with one attached hydrogen (secondary N) is 3. The molecule has 0 radical (unpaired) electrons. The number of ether oxygens (including phenoxy) is 2. The van der Waals surface area contributed by atoms with Crippen molar-refractivity contribution in [2.45, 2.75) is 87.0 Å². The van der Waals surface area contributed by atoms with Gasteiger partial charge in [-0.05, 0) is 60.0 Å². The number of nitrogens with zero attached hydrogens (tertiary/aromatic N) is 1. The van der Waals surface area contributed by atoms with Crippen LogP contribution in [0.2, 0.25) is 0 Å². The fraction of sp³-hybridized carbons (Fsp3) is 0.528. The molecule has 6 rings (SSSR count). The number of phenolic OH excluding ortho intramolecular Hbond substituents is 1. The van der Waals surface area contributed by atoms with E-state index in [0.717, 1.165) is 36.7 Å². The summed E-state index contributed by atoms with van der Waals surface area (Å²) >= 11 is 2.67. The smallest absolute Gasteiger partial charge is 0.349 e. The lowest BCUT2D eigenvalue weighted by Gasteiger charge is -2.48. The Morgan fingerprint density at radius 1 is 1.04 bits per heavy atom. The SMILES string of the molecule is C[N+]1(CCC(=O)NCCCCCCNC[C@H](O)c2ccc(O)c(NC=O)c2)C2CC(OC(=O)C(O)(c3cccs3)c3cccs3)CC1C1OC12. The van der Waals surface area contributed by atoms with Crippen molar-refractivity contribution in [3.8, 4) is 5.75 Å². The average molecular weight is 728 g/mol. The summed E-state index contributed by atoms with van der Waals surface area (Å²) in [6, 6.07) is 12.1. The van der Waals surface area contributed by atoms with Crippen LogP contribution in [0.15, 0.2) is 53.2 Å². The molecule has 2 aromatic heterocycles.